The van der Waals surface area contributed by atoms with Gasteiger partial charge in [0.15, 0.2) is 0 Å². The molecule has 0 bridgehead atoms. The molecule has 3 rings (SSSR count). The molecule has 5 nitrogen and oxygen atoms in total. The molecule has 0 saturated carbocycles. The highest BCUT2D eigenvalue weighted by Crippen LogP contribution is 2.30. The van der Waals surface area contributed by atoms with Crippen molar-refractivity contribution in [1.29, 1.82) is 0 Å². The Morgan fingerprint density at radius 2 is 2.08 bits per heavy atom. The standard InChI is InChI=1S/C19H23N3O2/c1-2-20-19(24)15-8-9-18(21-12-15)22-11-10-16(17(23)13-22)14-6-4-3-5-7-14/h3-9,12,16-17,23H,2,10-11,13H2,1H3,(H,20,24)/t16-,17+/m0/s1. The normalized spacial score (nSPS) is 20.7. The van der Waals surface area contributed by atoms with Crippen LogP contribution in [0.1, 0.15) is 35.2 Å². The lowest BCUT2D eigenvalue weighted by Crippen LogP contribution is -2.43. The Labute approximate surface area is 142 Å². The molecule has 2 N–H and O–H groups in total. The van der Waals surface area contributed by atoms with Crippen molar-refractivity contribution in [3.63, 3.8) is 0 Å². The third-order valence-corrected chi connectivity index (χ3v) is 4.48. The van der Waals surface area contributed by atoms with Crippen LogP contribution in [0.2, 0.25) is 0 Å². The summed E-state index contributed by atoms with van der Waals surface area (Å²) in [5.74, 6) is 0.852. The number of amides is 1. The molecule has 126 valence electrons. The van der Waals surface area contributed by atoms with E-state index in [4.69, 9.17) is 0 Å². The first-order chi connectivity index (χ1) is 11.7. The van der Waals surface area contributed by atoms with Gasteiger partial charge in [-0.3, -0.25) is 4.79 Å². The number of rotatable bonds is 4. The first-order valence-electron chi connectivity index (χ1n) is 8.41. The highest BCUT2D eigenvalue weighted by atomic mass is 16.3. The van der Waals surface area contributed by atoms with Crippen LogP contribution in [-0.2, 0) is 0 Å². The second-order valence-corrected chi connectivity index (χ2v) is 6.08. The van der Waals surface area contributed by atoms with Gasteiger partial charge < -0.3 is 15.3 Å². The second-order valence-electron chi connectivity index (χ2n) is 6.08. The summed E-state index contributed by atoms with van der Waals surface area (Å²) in [5.41, 5.74) is 1.74. The number of hydrogen-bond donors (Lipinski definition) is 2. The van der Waals surface area contributed by atoms with Crippen LogP contribution in [0, 0.1) is 0 Å². The van der Waals surface area contributed by atoms with Gasteiger partial charge in [0.2, 0.25) is 0 Å². The van der Waals surface area contributed by atoms with Crippen LogP contribution in [0.3, 0.4) is 0 Å². The molecule has 1 aliphatic rings. The van der Waals surface area contributed by atoms with E-state index in [2.05, 4.69) is 27.3 Å². The summed E-state index contributed by atoms with van der Waals surface area (Å²) in [5, 5.41) is 13.3. The zero-order valence-electron chi connectivity index (χ0n) is 13.9. The van der Waals surface area contributed by atoms with Crippen LogP contribution in [-0.4, -0.2) is 41.7 Å². The van der Waals surface area contributed by atoms with E-state index in [1.165, 1.54) is 5.56 Å². The molecule has 5 heteroatoms. The maximum absolute atomic E-state index is 11.8. The van der Waals surface area contributed by atoms with Gasteiger partial charge in [-0.05, 0) is 31.0 Å². The van der Waals surface area contributed by atoms with Crippen molar-refractivity contribution in [2.24, 2.45) is 0 Å². The van der Waals surface area contributed by atoms with Gasteiger partial charge in [-0.15, -0.1) is 0 Å². The van der Waals surface area contributed by atoms with E-state index in [1.54, 1.807) is 12.3 Å². The molecule has 1 aliphatic heterocycles. The lowest BCUT2D eigenvalue weighted by atomic mass is 9.87. The number of β-amino-alcohol motifs (C(OH)–C–C–N with tert-alkyl or cyclic N) is 1. The van der Waals surface area contributed by atoms with Gasteiger partial charge in [0, 0.05) is 31.7 Å². The Hall–Kier alpha value is -2.40. The van der Waals surface area contributed by atoms with E-state index in [9.17, 15) is 9.90 Å². The third kappa shape index (κ3) is 3.57. The molecule has 24 heavy (non-hydrogen) atoms. The first-order valence-corrected chi connectivity index (χ1v) is 8.41. The van der Waals surface area contributed by atoms with Crippen molar-refractivity contribution in [1.82, 2.24) is 10.3 Å². The molecule has 1 saturated heterocycles. The molecule has 2 aromatic rings. The summed E-state index contributed by atoms with van der Waals surface area (Å²) in [6, 6.07) is 13.8. The maximum atomic E-state index is 11.8. The van der Waals surface area contributed by atoms with E-state index in [1.807, 2.05) is 31.2 Å². The van der Waals surface area contributed by atoms with Crippen LogP contribution in [0.5, 0.6) is 0 Å². The lowest BCUT2D eigenvalue weighted by molar-refractivity contribution is 0.0955. The number of aliphatic hydroxyl groups excluding tert-OH is 1. The molecule has 1 aromatic carbocycles. The van der Waals surface area contributed by atoms with Gasteiger partial charge >= 0.3 is 0 Å². The van der Waals surface area contributed by atoms with Crippen molar-refractivity contribution in [2.75, 3.05) is 24.5 Å². The Kier molecular flexibility index (Phi) is 5.11. The summed E-state index contributed by atoms with van der Waals surface area (Å²) >= 11 is 0. The van der Waals surface area contributed by atoms with Gasteiger partial charge in [-0.2, -0.15) is 0 Å². The molecule has 2 heterocycles. The fraction of sp³-hybridized carbons (Fsp3) is 0.368. The Balaban J connectivity index is 1.66. The summed E-state index contributed by atoms with van der Waals surface area (Å²) in [4.78, 5) is 18.2. The largest absolute Gasteiger partial charge is 0.391 e. The van der Waals surface area contributed by atoms with Crippen molar-refractivity contribution in [3.05, 3.63) is 59.8 Å². The zero-order valence-corrected chi connectivity index (χ0v) is 13.9. The van der Waals surface area contributed by atoms with Crippen LogP contribution in [0.15, 0.2) is 48.7 Å². The van der Waals surface area contributed by atoms with Crippen LogP contribution in [0.4, 0.5) is 5.82 Å². The molecule has 0 radical (unpaired) electrons. The average molecular weight is 325 g/mol. The molecular weight excluding hydrogens is 302 g/mol. The molecule has 0 unspecified atom stereocenters. The number of carbonyl (C=O) groups is 1. The zero-order chi connectivity index (χ0) is 16.9. The topological polar surface area (TPSA) is 65.5 Å². The summed E-state index contributed by atoms with van der Waals surface area (Å²) in [7, 11) is 0. The first kappa shape index (κ1) is 16.5. The number of hydrogen-bond acceptors (Lipinski definition) is 4. The molecule has 0 aliphatic carbocycles. The number of aliphatic hydroxyl groups is 1. The Bertz CT molecular complexity index is 673. The predicted molar refractivity (Wildman–Crippen MR) is 94.3 cm³/mol. The number of aromatic nitrogens is 1. The van der Waals surface area contributed by atoms with Crippen molar-refractivity contribution in [3.8, 4) is 0 Å². The minimum Gasteiger partial charge on any atom is -0.391 e. The maximum Gasteiger partial charge on any atom is 0.252 e. The Morgan fingerprint density at radius 3 is 2.71 bits per heavy atom. The van der Waals surface area contributed by atoms with E-state index < -0.39 is 6.10 Å². The van der Waals surface area contributed by atoms with Crippen LogP contribution >= 0.6 is 0 Å². The minimum atomic E-state index is -0.425. The highest BCUT2D eigenvalue weighted by Gasteiger charge is 2.29. The fourth-order valence-electron chi connectivity index (χ4n) is 3.20. The molecule has 2 atom stereocenters. The molecule has 1 aromatic heterocycles. The van der Waals surface area contributed by atoms with Crippen LogP contribution < -0.4 is 10.2 Å². The number of pyridine rings is 1. The van der Waals surface area contributed by atoms with E-state index in [0.717, 1.165) is 18.8 Å². The molecule has 0 spiro atoms. The predicted octanol–water partition coefficient (Wildman–Crippen LogP) is 2.19. The summed E-state index contributed by atoms with van der Waals surface area (Å²) < 4.78 is 0. The summed E-state index contributed by atoms with van der Waals surface area (Å²) in [6.07, 6.45) is 2.05. The van der Waals surface area contributed by atoms with Crippen molar-refractivity contribution >= 4 is 11.7 Å². The van der Waals surface area contributed by atoms with Crippen LogP contribution in [0.25, 0.3) is 0 Å². The summed E-state index contributed by atoms with van der Waals surface area (Å²) in [6.45, 7) is 3.87. The van der Waals surface area contributed by atoms with Gasteiger partial charge in [0.1, 0.15) is 5.82 Å². The van der Waals surface area contributed by atoms with Gasteiger partial charge in [-0.1, -0.05) is 30.3 Å². The molecular formula is C19H23N3O2. The number of nitrogens with zero attached hydrogens (tertiary/aromatic N) is 2. The van der Waals surface area contributed by atoms with Crippen molar-refractivity contribution < 1.29 is 9.90 Å². The van der Waals surface area contributed by atoms with Gasteiger partial charge in [0.25, 0.3) is 5.91 Å². The Morgan fingerprint density at radius 1 is 1.29 bits per heavy atom. The van der Waals surface area contributed by atoms with Gasteiger partial charge in [-0.25, -0.2) is 4.98 Å². The SMILES string of the molecule is CCNC(=O)c1ccc(N2CC[C@@H](c3ccccc3)[C@H](O)C2)nc1. The average Bonchev–Trinajstić information content (AvgIpc) is 2.63. The van der Waals surface area contributed by atoms with Gasteiger partial charge in [0.05, 0.1) is 11.7 Å². The monoisotopic (exact) mass is 325 g/mol. The molecule has 1 amide bonds. The lowest BCUT2D eigenvalue weighted by Gasteiger charge is -2.36. The molecule has 1 fully saturated rings. The number of carbonyl (C=O) groups excluding carboxylic acids is 1. The number of piperidine rings is 1. The number of benzene rings is 1. The third-order valence-electron chi connectivity index (χ3n) is 4.48. The number of nitrogens with one attached hydrogen (secondary N) is 1. The second kappa shape index (κ2) is 7.45. The fourth-order valence-corrected chi connectivity index (χ4v) is 3.20. The highest BCUT2D eigenvalue weighted by molar-refractivity contribution is 5.94. The van der Waals surface area contributed by atoms with E-state index >= 15 is 0 Å². The van der Waals surface area contributed by atoms with Crippen molar-refractivity contribution in [2.45, 2.75) is 25.4 Å². The number of anilines is 1. The smallest absolute Gasteiger partial charge is 0.252 e. The quantitative estimate of drug-likeness (QED) is 0.904. The van der Waals surface area contributed by atoms with E-state index in [-0.39, 0.29) is 11.8 Å². The minimum absolute atomic E-state index is 0.112. The van der Waals surface area contributed by atoms with E-state index in [0.29, 0.717) is 18.7 Å².